The number of ether oxygens (including phenoxy) is 1. The van der Waals surface area contributed by atoms with Crippen LogP contribution in [-0.2, 0) is 11.2 Å². The molecule has 0 spiro atoms. The van der Waals surface area contributed by atoms with Crippen LogP contribution in [0.5, 0.6) is 0 Å². The molecule has 0 aliphatic carbocycles. The summed E-state index contributed by atoms with van der Waals surface area (Å²) in [6.45, 7) is 7.33. The van der Waals surface area contributed by atoms with Crippen molar-refractivity contribution in [2.24, 2.45) is 0 Å². The van der Waals surface area contributed by atoms with Crippen LogP contribution >= 0.6 is 0 Å². The summed E-state index contributed by atoms with van der Waals surface area (Å²) in [5.74, 6) is 1.70. The normalized spacial score (nSPS) is 14.2. The molecule has 2 heterocycles. The fourth-order valence-corrected chi connectivity index (χ4v) is 3.00. The Morgan fingerprint density at radius 1 is 1.19 bits per heavy atom. The zero-order chi connectivity index (χ0) is 18.5. The molecule has 26 heavy (non-hydrogen) atoms. The first-order valence-corrected chi connectivity index (χ1v) is 8.91. The molecule has 1 aromatic carbocycles. The number of hydrogen-bond acceptors (Lipinski definition) is 5. The van der Waals surface area contributed by atoms with Gasteiger partial charge in [-0.1, -0.05) is 6.92 Å². The lowest BCUT2D eigenvalue weighted by Crippen LogP contribution is -2.37. The summed E-state index contributed by atoms with van der Waals surface area (Å²) >= 11 is 0. The van der Waals surface area contributed by atoms with E-state index in [9.17, 15) is 4.79 Å². The number of amides is 2. The number of hydrogen-bond donors (Lipinski definition) is 2. The van der Waals surface area contributed by atoms with Gasteiger partial charge in [0.15, 0.2) is 5.82 Å². The van der Waals surface area contributed by atoms with Gasteiger partial charge in [-0.25, -0.2) is 14.8 Å². The smallest absolute Gasteiger partial charge is 0.318 e. The number of aryl methyl sites for hydroxylation is 1. The van der Waals surface area contributed by atoms with Gasteiger partial charge in [-0.3, -0.25) is 0 Å². The molecular weight excluding hydrogens is 330 g/mol. The van der Waals surface area contributed by atoms with Crippen LogP contribution in [0.3, 0.4) is 0 Å². The first-order valence-electron chi connectivity index (χ1n) is 8.91. The van der Waals surface area contributed by atoms with Crippen LogP contribution in [0.4, 0.5) is 16.3 Å². The van der Waals surface area contributed by atoms with Gasteiger partial charge in [0.2, 0.25) is 0 Å². The van der Waals surface area contributed by atoms with Gasteiger partial charge in [0, 0.05) is 42.6 Å². The Morgan fingerprint density at radius 2 is 1.88 bits per heavy atom. The highest BCUT2D eigenvalue weighted by Gasteiger charge is 2.19. The predicted octanol–water partition coefficient (Wildman–Crippen LogP) is 2.60. The monoisotopic (exact) mass is 355 g/mol. The molecule has 7 nitrogen and oxygen atoms in total. The van der Waals surface area contributed by atoms with Gasteiger partial charge in [0.05, 0.1) is 13.2 Å². The minimum Gasteiger partial charge on any atom is -0.378 e. The van der Waals surface area contributed by atoms with Crippen LogP contribution in [0.2, 0.25) is 0 Å². The van der Waals surface area contributed by atoms with E-state index in [1.165, 1.54) is 0 Å². The Labute approximate surface area is 153 Å². The average Bonchev–Trinajstić information content (AvgIpc) is 2.69. The lowest BCUT2D eigenvalue weighted by atomic mass is 10.1. The Hall–Kier alpha value is -2.67. The number of nitrogens with zero attached hydrogens (tertiary/aromatic N) is 3. The SMILES string of the molecule is CCc1nc(-c2ccc(NC(=O)NC)cc2)nc(N2CCOCC2)c1C. The molecule has 1 fully saturated rings. The second kappa shape index (κ2) is 8.14. The quantitative estimate of drug-likeness (QED) is 0.881. The van der Waals surface area contributed by atoms with Crippen LogP contribution in [0.25, 0.3) is 11.4 Å². The minimum absolute atomic E-state index is 0.243. The Morgan fingerprint density at radius 3 is 2.50 bits per heavy atom. The van der Waals surface area contributed by atoms with Crippen molar-refractivity contribution in [1.82, 2.24) is 15.3 Å². The number of benzene rings is 1. The Balaban J connectivity index is 1.92. The molecule has 0 atom stereocenters. The highest BCUT2D eigenvalue weighted by molar-refractivity contribution is 5.89. The van der Waals surface area contributed by atoms with Crippen molar-refractivity contribution in [2.45, 2.75) is 20.3 Å². The standard InChI is InChI=1S/C19H25N5O2/c1-4-16-13(2)18(24-9-11-26-12-10-24)23-17(22-16)14-5-7-15(8-6-14)21-19(25)20-3/h5-8H,4,9-12H2,1-3H3,(H2,20,21,25). The Bertz CT molecular complexity index is 770. The zero-order valence-electron chi connectivity index (χ0n) is 15.5. The first kappa shape index (κ1) is 18.1. The number of carbonyl (C=O) groups is 1. The van der Waals surface area contributed by atoms with Gasteiger partial charge in [-0.15, -0.1) is 0 Å². The summed E-state index contributed by atoms with van der Waals surface area (Å²) in [5, 5.41) is 5.29. The van der Waals surface area contributed by atoms with E-state index in [1.807, 2.05) is 24.3 Å². The van der Waals surface area contributed by atoms with Crippen LogP contribution in [0.1, 0.15) is 18.2 Å². The van der Waals surface area contributed by atoms with Gasteiger partial charge in [0.1, 0.15) is 5.82 Å². The molecule has 2 N–H and O–H groups in total. The van der Waals surface area contributed by atoms with E-state index in [4.69, 9.17) is 14.7 Å². The number of anilines is 2. The third-order valence-electron chi connectivity index (χ3n) is 4.49. The number of aromatic nitrogens is 2. The van der Waals surface area contributed by atoms with E-state index in [2.05, 4.69) is 29.4 Å². The molecule has 1 saturated heterocycles. The van der Waals surface area contributed by atoms with Crippen molar-refractivity contribution in [3.63, 3.8) is 0 Å². The Kier molecular flexibility index (Phi) is 5.68. The van der Waals surface area contributed by atoms with E-state index in [-0.39, 0.29) is 6.03 Å². The van der Waals surface area contributed by atoms with Crippen molar-refractivity contribution in [3.05, 3.63) is 35.5 Å². The van der Waals surface area contributed by atoms with Crippen LogP contribution in [0, 0.1) is 6.92 Å². The molecule has 2 aromatic rings. The van der Waals surface area contributed by atoms with E-state index in [0.29, 0.717) is 5.82 Å². The molecule has 0 radical (unpaired) electrons. The third-order valence-corrected chi connectivity index (χ3v) is 4.49. The topological polar surface area (TPSA) is 79.4 Å². The van der Waals surface area contributed by atoms with Crippen molar-refractivity contribution in [1.29, 1.82) is 0 Å². The van der Waals surface area contributed by atoms with Gasteiger partial charge < -0.3 is 20.3 Å². The van der Waals surface area contributed by atoms with Gasteiger partial charge >= 0.3 is 6.03 Å². The zero-order valence-corrected chi connectivity index (χ0v) is 15.5. The van der Waals surface area contributed by atoms with Crippen molar-refractivity contribution >= 4 is 17.5 Å². The largest absolute Gasteiger partial charge is 0.378 e. The molecule has 2 amide bonds. The maximum Gasteiger partial charge on any atom is 0.318 e. The number of morpholine rings is 1. The molecule has 1 aliphatic rings. The minimum atomic E-state index is -0.243. The van der Waals surface area contributed by atoms with E-state index >= 15 is 0 Å². The van der Waals surface area contributed by atoms with Crippen LogP contribution < -0.4 is 15.5 Å². The van der Waals surface area contributed by atoms with E-state index in [1.54, 1.807) is 7.05 Å². The summed E-state index contributed by atoms with van der Waals surface area (Å²) in [6, 6.07) is 7.32. The van der Waals surface area contributed by atoms with Crippen LogP contribution in [0.15, 0.2) is 24.3 Å². The fourth-order valence-electron chi connectivity index (χ4n) is 3.00. The second-order valence-corrected chi connectivity index (χ2v) is 6.18. The summed E-state index contributed by atoms with van der Waals surface area (Å²) in [5.41, 5.74) is 3.85. The highest BCUT2D eigenvalue weighted by atomic mass is 16.5. The number of rotatable bonds is 4. The molecular formula is C19H25N5O2. The van der Waals surface area contributed by atoms with Crippen LogP contribution in [-0.4, -0.2) is 49.4 Å². The molecule has 3 rings (SSSR count). The van der Waals surface area contributed by atoms with E-state index in [0.717, 1.165) is 61.1 Å². The van der Waals surface area contributed by atoms with Gasteiger partial charge in [-0.2, -0.15) is 0 Å². The van der Waals surface area contributed by atoms with Crippen molar-refractivity contribution in [2.75, 3.05) is 43.6 Å². The maximum atomic E-state index is 11.4. The lowest BCUT2D eigenvalue weighted by Gasteiger charge is -2.29. The van der Waals surface area contributed by atoms with Crippen molar-refractivity contribution in [3.8, 4) is 11.4 Å². The average molecular weight is 355 g/mol. The molecule has 138 valence electrons. The van der Waals surface area contributed by atoms with E-state index < -0.39 is 0 Å². The highest BCUT2D eigenvalue weighted by Crippen LogP contribution is 2.26. The summed E-state index contributed by atoms with van der Waals surface area (Å²) in [4.78, 5) is 23.3. The third kappa shape index (κ3) is 3.94. The maximum absolute atomic E-state index is 11.4. The molecule has 0 bridgehead atoms. The summed E-state index contributed by atoms with van der Waals surface area (Å²) < 4.78 is 5.46. The lowest BCUT2D eigenvalue weighted by molar-refractivity contribution is 0.122. The van der Waals surface area contributed by atoms with Gasteiger partial charge in [-0.05, 0) is 37.6 Å². The van der Waals surface area contributed by atoms with Gasteiger partial charge in [0.25, 0.3) is 0 Å². The predicted molar refractivity (Wildman–Crippen MR) is 103 cm³/mol. The summed E-state index contributed by atoms with van der Waals surface area (Å²) in [7, 11) is 1.59. The molecule has 1 aromatic heterocycles. The summed E-state index contributed by atoms with van der Waals surface area (Å²) in [6.07, 6.45) is 0.856. The molecule has 7 heteroatoms. The molecule has 0 unspecified atom stereocenters. The number of nitrogens with one attached hydrogen (secondary N) is 2. The number of carbonyl (C=O) groups excluding carboxylic acids is 1. The first-order chi connectivity index (χ1) is 12.6. The molecule has 1 aliphatic heterocycles. The number of urea groups is 1. The van der Waals surface area contributed by atoms with Crippen molar-refractivity contribution < 1.29 is 9.53 Å². The fraction of sp³-hybridized carbons (Fsp3) is 0.421. The second-order valence-electron chi connectivity index (χ2n) is 6.18. The molecule has 0 saturated carbocycles.